The molecule has 3 nitrogen and oxygen atoms in total. The van der Waals surface area contributed by atoms with E-state index in [4.69, 9.17) is 0 Å². The van der Waals surface area contributed by atoms with Crippen LogP contribution in [0.5, 0.6) is 0 Å². The minimum atomic E-state index is -0.801. The van der Waals surface area contributed by atoms with Crippen LogP contribution in [0.4, 0.5) is 0 Å². The molecule has 0 aliphatic heterocycles. The van der Waals surface area contributed by atoms with Crippen LogP contribution < -0.4 is 0 Å². The lowest BCUT2D eigenvalue weighted by Gasteiger charge is -2.44. The van der Waals surface area contributed by atoms with Crippen molar-refractivity contribution in [2.45, 2.75) is 59.0 Å². The molecule has 1 aliphatic carbocycles. The van der Waals surface area contributed by atoms with E-state index in [-0.39, 0.29) is 11.3 Å². The minimum absolute atomic E-state index is 0.110. The zero-order chi connectivity index (χ0) is 12.4. The largest absolute Gasteiger partial charge is 0.389 e. The van der Waals surface area contributed by atoms with Crippen molar-refractivity contribution in [3.8, 4) is 0 Å². The summed E-state index contributed by atoms with van der Waals surface area (Å²) in [5.41, 5.74) is -0.911. The normalized spacial score (nSPS) is 19.1. The quantitative estimate of drug-likeness (QED) is 0.782. The first kappa shape index (κ1) is 13.5. The molecule has 1 amide bonds. The fourth-order valence-corrected chi connectivity index (χ4v) is 2.45. The average Bonchev–Trinajstić information content (AvgIpc) is 2.11. The van der Waals surface area contributed by atoms with Gasteiger partial charge in [0.05, 0.1) is 5.60 Å². The maximum absolute atomic E-state index is 12.4. The van der Waals surface area contributed by atoms with Gasteiger partial charge in [-0.3, -0.25) is 4.79 Å². The number of aliphatic hydroxyl groups is 1. The summed E-state index contributed by atoms with van der Waals surface area (Å²) in [6.07, 6.45) is 4.13. The maximum atomic E-state index is 12.4. The first-order valence-corrected chi connectivity index (χ1v) is 6.36. The van der Waals surface area contributed by atoms with E-state index in [2.05, 4.69) is 6.92 Å². The number of hydrogen-bond donors (Lipinski definition) is 1. The molecule has 1 rings (SSSR count). The van der Waals surface area contributed by atoms with Gasteiger partial charge in [0.15, 0.2) is 0 Å². The van der Waals surface area contributed by atoms with E-state index in [0.717, 1.165) is 19.3 Å². The molecular formula is C13H25NO2. The third-order valence-corrected chi connectivity index (χ3v) is 3.69. The van der Waals surface area contributed by atoms with Crippen LogP contribution in [0.1, 0.15) is 53.4 Å². The predicted octanol–water partition coefficient (Wildman–Crippen LogP) is 2.19. The highest BCUT2D eigenvalue weighted by atomic mass is 16.3. The molecule has 3 heteroatoms. The lowest BCUT2D eigenvalue weighted by molar-refractivity contribution is -0.150. The van der Waals surface area contributed by atoms with E-state index in [1.54, 1.807) is 13.8 Å². The Morgan fingerprint density at radius 2 is 1.94 bits per heavy atom. The number of hydrogen-bond acceptors (Lipinski definition) is 2. The number of likely N-dealkylation sites (N-methyl/N-ethyl adjacent to an activating group) is 1. The molecule has 1 fully saturated rings. The summed E-state index contributed by atoms with van der Waals surface area (Å²) in [7, 11) is 0. The first-order chi connectivity index (χ1) is 7.34. The van der Waals surface area contributed by atoms with Crippen molar-refractivity contribution in [2.75, 3.05) is 13.1 Å². The molecule has 0 unspecified atom stereocenters. The van der Waals surface area contributed by atoms with Crippen molar-refractivity contribution in [3.63, 3.8) is 0 Å². The van der Waals surface area contributed by atoms with E-state index in [1.165, 1.54) is 6.42 Å². The number of carbonyl (C=O) groups is 1. The van der Waals surface area contributed by atoms with Gasteiger partial charge in [0, 0.05) is 18.5 Å². The highest BCUT2D eigenvalue weighted by molar-refractivity contribution is 5.83. The zero-order valence-corrected chi connectivity index (χ0v) is 11.0. The number of amides is 1. The van der Waals surface area contributed by atoms with Gasteiger partial charge in [0.2, 0.25) is 5.91 Å². The summed E-state index contributed by atoms with van der Waals surface area (Å²) < 4.78 is 0. The van der Waals surface area contributed by atoms with Crippen molar-refractivity contribution in [2.24, 2.45) is 5.41 Å². The SMILES string of the molecule is CCN(CC(C)(C)O)C(=O)C1(CC)CCC1. The molecular weight excluding hydrogens is 202 g/mol. The molecule has 0 bridgehead atoms. The molecule has 16 heavy (non-hydrogen) atoms. The highest BCUT2D eigenvalue weighted by Crippen LogP contribution is 2.45. The van der Waals surface area contributed by atoms with Crippen molar-refractivity contribution >= 4 is 5.91 Å². The van der Waals surface area contributed by atoms with Crippen LogP contribution >= 0.6 is 0 Å². The second-order valence-electron chi connectivity index (χ2n) is 5.62. The lowest BCUT2D eigenvalue weighted by atomic mass is 9.66. The van der Waals surface area contributed by atoms with Gasteiger partial charge in [-0.2, -0.15) is 0 Å². The van der Waals surface area contributed by atoms with E-state index in [1.807, 2.05) is 11.8 Å². The summed E-state index contributed by atoms with van der Waals surface area (Å²) in [4.78, 5) is 14.2. The Bertz CT molecular complexity index is 246. The van der Waals surface area contributed by atoms with Crippen LogP contribution in [-0.4, -0.2) is 34.6 Å². The van der Waals surface area contributed by atoms with Crippen LogP contribution in [0.2, 0.25) is 0 Å². The van der Waals surface area contributed by atoms with Gasteiger partial charge < -0.3 is 10.0 Å². The van der Waals surface area contributed by atoms with Crippen molar-refractivity contribution in [1.82, 2.24) is 4.90 Å². The predicted molar refractivity (Wildman–Crippen MR) is 65.1 cm³/mol. The highest BCUT2D eigenvalue weighted by Gasteiger charge is 2.44. The number of rotatable bonds is 5. The van der Waals surface area contributed by atoms with Gasteiger partial charge in [-0.25, -0.2) is 0 Å². The monoisotopic (exact) mass is 227 g/mol. The lowest BCUT2D eigenvalue weighted by Crippen LogP contribution is -2.51. The van der Waals surface area contributed by atoms with Crippen LogP contribution in [0.3, 0.4) is 0 Å². The Morgan fingerprint density at radius 1 is 1.38 bits per heavy atom. The standard InChI is InChI=1S/C13H25NO2/c1-5-13(8-7-9-13)11(15)14(6-2)10-12(3,4)16/h16H,5-10H2,1-4H3. The fraction of sp³-hybridized carbons (Fsp3) is 0.923. The summed E-state index contributed by atoms with van der Waals surface area (Å²) in [6.45, 7) is 8.69. The molecule has 1 N–H and O–H groups in total. The van der Waals surface area contributed by atoms with Crippen LogP contribution in [0.25, 0.3) is 0 Å². The van der Waals surface area contributed by atoms with Crippen LogP contribution in [0.15, 0.2) is 0 Å². The summed E-state index contributed by atoms with van der Waals surface area (Å²) in [5, 5.41) is 9.80. The Kier molecular flexibility index (Phi) is 4.00. The molecule has 0 aromatic rings. The van der Waals surface area contributed by atoms with E-state index in [0.29, 0.717) is 13.1 Å². The second kappa shape index (κ2) is 4.74. The minimum Gasteiger partial charge on any atom is -0.389 e. The van der Waals surface area contributed by atoms with Gasteiger partial charge in [-0.1, -0.05) is 13.3 Å². The summed E-state index contributed by atoms with van der Waals surface area (Å²) in [6, 6.07) is 0. The molecule has 1 saturated carbocycles. The van der Waals surface area contributed by atoms with Gasteiger partial charge in [-0.05, 0) is 40.0 Å². The Hall–Kier alpha value is -0.570. The molecule has 0 aromatic carbocycles. The van der Waals surface area contributed by atoms with Gasteiger partial charge in [0.1, 0.15) is 0 Å². The second-order valence-corrected chi connectivity index (χ2v) is 5.62. The fourth-order valence-electron chi connectivity index (χ4n) is 2.45. The average molecular weight is 227 g/mol. The Morgan fingerprint density at radius 3 is 2.19 bits per heavy atom. The molecule has 0 aromatic heterocycles. The third kappa shape index (κ3) is 2.76. The van der Waals surface area contributed by atoms with Crippen LogP contribution in [-0.2, 0) is 4.79 Å². The Labute approximate surface area is 98.8 Å². The maximum Gasteiger partial charge on any atom is 0.228 e. The number of nitrogens with zero attached hydrogens (tertiary/aromatic N) is 1. The van der Waals surface area contributed by atoms with Crippen molar-refractivity contribution in [1.29, 1.82) is 0 Å². The molecule has 1 aliphatic rings. The van der Waals surface area contributed by atoms with Crippen molar-refractivity contribution in [3.05, 3.63) is 0 Å². The number of carbonyl (C=O) groups excluding carboxylic acids is 1. The van der Waals surface area contributed by atoms with Gasteiger partial charge in [0.25, 0.3) is 0 Å². The Balaban J connectivity index is 2.69. The third-order valence-electron chi connectivity index (χ3n) is 3.69. The van der Waals surface area contributed by atoms with E-state index in [9.17, 15) is 9.90 Å². The van der Waals surface area contributed by atoms with Gasteiger partial charge in [-0.15, -0.1) is 0 Å². The topological polar surface area (TPSA) is 40.5 Å². The molecule has 0 saturated heterocycles. The molecule has 0 spiro atoms. The van der Waals surface area contributed by atoms with E-state index >= 15 is 0 Å². The van der Waals surface area contributed by atoms with Gasteiger partial charge >= 0.3 is 0 Å². The molecule has 0 heterocycles. The smallest absolute Gasteiger partial charge is 0.228 e. The molecule has 94 valence electrons. The summed E-state index contributed by atoms with van der Waals surface area (Å²) >= 11 is 0. The summed E-state index contributed by atoms with van der Waals surface area (Å²) in [5.74, 6) is 0.242. The zero-order valence-electron chi connectivity index (χ0n) is 11.0. The first-order valence-electron chi connectivity index (χ1n) is 6.36. The van der Waals surface area contributed by atoms with E-state index < -0.39 is 5.60 Å². The molecule has 0 atom stereocenters. The van der Waals surface area contributed by atoms with Crippen molar-refractivity contribution < 1.29 is 9.90 Å². The van der Waals surface area contributed by atoms with Crippen LogP contribution in [0, 0.1) is 5.41 Å². The molecule has 0 radical (unpaired) electrons.